The second-order valence-electron chi connectivity index (χ2n) is 5.66. The fourth-order valence-electron chi connectivity index (χ4n) is 2.20. The predicted octanol–water partition coefficient (Wildman–Crippen LogP) is -1.57. The summed E-state index contributed by atoms with van der Waals surface area (Å²) in [5.41, 5.74) is 0.101. The van der Waals surface area contributed by atoms with E-state index in [-0.39, 0.29) is 12.6 Å². The van der Waals surface area contributed by atoms with E-state index in [0.29, 0.717) is 22.9 Å². The van der Waals surface area contributed by atoms with Crippen LogP contribution in [0.4, 0.5) is 0 Å². The third-order valence-corrected chi connectivity index (χ3v) is 3.85. The highest BCUT2D eigenvalue weighted by atomic mass is 16.7. The maximum atomic E-state index is 12.7. The summed E-state index contributed by atoms with van der Waals surface area (Å²) in [7, 11) is 8.07. The third kappa shape index (κ3) is 2.52. The smallest absolute Gasteiger partial charge is 0.231 e. The van der Waals surface area contributed by atoms with Crippen LogP contribution in [0.3, 0.4) is 0 Å². The van der Waals surface area contributed by atoms with Crippen molar-refractivity contribution >= 4 is 29.3 Å². The first-order valence-electron chi connectivity index (χ1n) is 6.51. The highest BCUT2D eigenvalue weighted by Crippen LogP contribution is 2.33. The Kier molecular flexibility index (Phi) is 3.67. The summed E-state index contributed by atoms with van der Waals surface area (Å²) in [6, 6.07) is 5.35. The molecule has 1 aliphatic heterocycles. The molecule has 0 N–H and O–H groups in total. The van der Waals surface area contributed by atoms with E-state index in [0.717, 1.165) is 0 Å². The molecule has 0 fully saturated rings. The molecule has 0 aromatic heterocycles. The third-order valence-electron chi connectivity index (χ3n) is 3.85. The molecular weight excluding hydrogens is 239 g/mol. The van der Waals surface area contributed by atoms with Gasteiger partial charge in [0.15, 0.2) is 17.3 Å². The predicted molar refractivity (Wildman–Crippen MR) is 82.5 cm³/mol. The molecule has 1 unspecified atom stereocenters. The van der Waals surface area contributed by atoms with E-state index < -0.39 is 5.44 Å². The molecule has 0 saturated heterocycles. The number of hydrogen-bond acceptors (Lipinski definition) is 4. The van der Waals surface area contributed by atoms with Gasteiger partial charge >= 0.3 is 0 Å². The summed E-state index contributed by atoms with van der Waals surface area (Å²) in [6.07, 6.45) is 0. The number of rotatable bonds is 4. The van der Waals surface area contributed by atoms with Gasteiger partial charge in [-0.3, -0.25) is 4.79 Å². The summed E-state index contributed by atoms with van der Waals surface area (Å²) in [5.74, 6) is 1.73. The Morgan fingerprint density at radius 1 is 1.37 bits per heavy atom. The Hall–Kier alpha value is -1.36. The number of ether oxygens (including phenoxy) is 2. The van der Waals surface area contributed by atoms with E-state index in [1.807, 2.05) is 21.8 Å². The maximum Gasteiger partial charge on any atom is 0.231 e. The van der Waals surface area contributed by atoms with E-state index in [9.17, 15) is 4.79 Å². The highest BCUT2D eigenvalue weighted by molar-refractivity contribution is 6.38. The second kappa shape index (κ2) is 4.97. The molecule has 0 saturated carbocycles. The molecule has 1 aliphatic rings. The lowest BCUT2D eigenvalue weighted by Crippen LogP contribution is -2.55. The molecule has 2 rings (SSSR count). The molecule has 1 aromatic rings. The lowest BCUT2D eigenvalue weighted by molar-refractivity contribution is 0.0825. The van der Waals surface area contributed by atoms with E-state index in [2.05, 4.69) is 20.6 Å². The molecule has 0 radical (unpaired) electrons. The van der Waals surface area contributed by atoms with Crippen LogP contribution in [0.15, 0.2) is 18.2 Å². The van der Waals surface area contributed by atoms with Crippen molar-refractivity contribution in [1.29, 1.82) is 0 Å². The number of ketones is 1. The van der Waals surface area contributed by atoms with Crippen molar-refractivity contribution in [2.75, 3.05) is 13.8 Å². The van der Waals surface area contributed by atoms with Crippen LogP contribution in [0.5, 0.6) is 11.5 Å². The van der Waals surface area contributed by atoms with Gasteiger partial charge in [0.1, 0.15) is 23.5 Å². The lowest BCUT2D eigenvalue weighted by atomic mass is 9.67. The topological polar surface area (TPSA) is 38.8 Å². The van der Waals surface area contributed by atoms with Crippen molar-refractivity contribution in [2.45, 2.75) is 18.2 Å². The zero-order chi connectivity index (χ0) is 14.2. The van der Waals surface area contributed by atoms with Gasteiger partial charge in [-0.1, -0.05) is 0 Å². The molecule has 4 nitrogen and oxygen atoms in total. The van der Waals surface area contributed by atoms with Gasteiger partial charge in [-0.25, -0.2) is 0 Å². The summed E-state index contributed by atoms with van der Waals surface area (Å²) in [4.78, 5) is 14.7. The minimum atomic E-state index is -0.554. The Balaban J connectivity index is 2.29. The largest absolute Gasteiger partial charge is 0.454 e. The Morgan fingerprint density at radius 2 is 2.00 bits per heavy atom. The normalized spacial score (nSPS) is 16.6. The number of fused-ring (bicyclic) bond motifs is 1. The molecule has 0 amide bonds. The summed E-state index contributed by atoms with van der Waals surface area (Å²) in [6.45, 7) is 2.17. The van der Waals surface area contributed by atoms with Crippen molar-refractivity contribution in [3.05, 3.63) is 23.8 Å². The number of carbonyl (C=O) groups is 1. The standard InChI is InChI=1S/C12H18B3NO3/c1-12(15,16(2)11(13)14)10(17)7-3-4-8-9(5-7)19-6-18-8/h3-5,11H,6,13-15H2,1-2H3. The van der Waals surface area contributed by atoms with Crippen LogP contribution in [0.2, 0.25) is 0 Å². The molecule has 19 heavy (non-hydrogen) atoms. The van der Waals surface area contributed by atoms with Gasteiger partial charge in [-0.15, -0.1) is 0 Å². The number of likely N-dealkylation sites (N-methyl/N-ethyl adjacent to an activating group) is 1. The number of Topliss-reactive ketones (excluding diaryl/α,β-unsaturated/α-hetero) is 1. The fraction of sp³-hybridized carbons (Fsp3) is 0.417. The van der Waals surface area contributed by atoms with Crippen LogP contribution in [-0.4, -0.2) is 59.3 Å². The van der Waals surface area contributed by atoms with Crippen molar-refractivity contribution in [1.82, 2.24) is 4.90 Å². The molecule has 0 bridgehead atoms. The summed E-state index contributed by atoms with van der Waals surface area (Å²) < 4.78 is 10.6. The van der Waals surface area contributed by atoms with E-state index in [1.165, 1.54) is 0 Å². The molecule has 7 heteroatoms. The van der Waals surface area contributed by atoms with Crippen molar-refractivity contribution < 1.29 is 14.3 Å². The monoisotopic (exact) mass is 257 g/mol. The number of benzene rings is 1. The van der Waals surface area contributed by atoms with Gasteiger partial charge in [0, 0.05) is 11.0 Å². The second-order valence-corrected chi connectivity index (χ2v) is 5.66. The Morgan fingerprint density at radius 3 is 2.63 bits per heavy atom. The summed E-state index contributed by atoms with van der Waals surface area (Å²) >= 11 is 0. The average molecular weight is 257 g/mol. The number of carbonyl (C=O) groups excluding carboxylic acids is 1. The van der Waals surface area contributed by atoms with Gasteiger partial charge in [-0.2, -0.15) is 0 Å². The first kappa shape index (κ1) is 14.1. The summed E-state index contributed by atoms with van der Waals surface area (Å²) in [5, 5.41) is 0. The molecule has 0 spiro atoms. The maximum absolute atomic E-state index is 12.7. The molecule has 98 valence electrons. The quantitative estimate of drug-likeness (QED) is 0.482. The van der Waals surface area contributed by atoms with Gasteiger partial charge in [0.2, 0.25) is 6.79 Å². The average Bonchev–Trinajstić information content (AvgIpc) is 2.83. The minimum Gasteiger partial charge on any atom is -0.454 e. The van der Waals surface area contributed by atoms with Crippen LogP contribution < -0.4 is 9.47 Å². The fourth-order valence-corrected chi connectivity index (χ4v) is 2.20. The number of hydrogen-bond donors (Lipinski definition) is 0. The molecule has 1 aromatic carbocycles. The van der Waals surface area contributed by atoms with Crippen LogP contribution in [0.25, 0.3) is 0 Å². The van der Waals surface area contributed by atoms with Gasteiger partial charge in [0.25, 0.3) is 0 Å². The SMILES string of the molecule is BC(B)N(C)C(B)(C)C(=O)c1ccc2c(c1)OCO2. The highest BCUT2D eigenvalue weighted by Gasteiger charge is 2.34. The molecule has 0 aliphatic carbocycles. The van der Waals surface area contributed by atoms with Gasteiger partial charge in [-0.05, 0) is 38.0 Å². The van der Waals surface area contributed by atoms with Crippen molar-refractivity contribution in [3.63, 3.8) is 0 Å². The number of nitrogens with zero attached hydrogens (tertiary/aromatic N) is 1. The van der Waals surface area contributed by atoms with E-state index >= 15 is 0 Å². The first-order valence-corrected chi connectivity index (χ1v) is 6.51. The van der Waals surface area contributed by atoms with Gasteiger partial charge < -0.3 is 14.4 Å². The van der Waals surface area contributed by atoms with Crippen LogP contribution in [0, 0.1) is 0 Å². The van der Waals surface area contributed by atoms with Gasteiger partial charge in [0.05, 0.1) is 0 Å². The lowest BCUT2D eigenvalue weighted by Gasteiger charge is -2.38. The Bertz CT molecular complexity index is 505. The van der Waals surface area contributed by atoms with E-state index in [4.69, 9.17) is 9.47 Å². The zero-order valence-corrected chi connectivity index (χ0v) is 12.2. The molecule has 1 atom stereocenters. The van der Waals surface area contributed by atoms with Crippen LogP contribution in [-0.2, 0) is 0 Å². The first-order chi connectivity index (χ1) is 8.84. The van der Waals surface area contributed by atoms with Crippen LogP contribution >= 0.6 is 0 Å². The molecular formula is C12H18B3NO3. The van der Waals surface area contributed by atoms with Crippen molar-refractivity contribution in [2.24, 2.45) is 0 Å². The molecule has 1 heterocycles. The zero-order valence-electron chi connectivity index (χ0n) is 12.2. The van der Waals surface area contributed by atoms with Crippen LogP contribution in [0.1, 0.15) is 17.3 Å². The van der Waals surface area contributed by atoms with Crippen molar-refractivity contribution in [3.8, 4) is 11.5 Å². The van der Waals surface area contributed by atoms with E-state index in [1.54, 1.807) is 18.2 Å². The Labute approximate surface area is 116 Å². The minimum absolute atomic E-state index is 0.0852.